The predicted molar refractivity (Wildman–Crippen MR) is 73.7 cm³/mol. The van der Waals surface area contributed by atoms with E-state index in [1.165, 1.54) is 76.2 Å². The molecular formula is C15H25N3. The molecule has 0 aliphatic carbocycles. The van der Waals surface area contributed by atoms with E-state index in [9.17, 15) is 0 Å². The van der Waals surface area contributed by atoms with Crippen molar-refractivity contribution in [3.63, 3.8) is 0 Å². The fourth-order valence-corrected chi connectivity index (χ4v) is 3.47. The summed E-state index contributed by atoms with van der Waals surface area (Å²) in [4.78, 5) is 7.43. The maximum absolute atomic E-state index is 4.84. The molecule has 18 heavy (non-hydrogen) atoms. The molecule has 1 atom stereocenters. The van der Waals surface area contributed by atoms with Gasteiger partial charge < -0.3 is 9.47 Å². The first-order valence-electron chi connectivity index (χ1n) is 7.62. The first-order chi connectivity index (χ1) is 8.85. The molecule has 0 N–H and O–H groups in total. The third-order valence-corrected chi connectivity index (χ3v) is 4.51. The summed E-state index contributed by atoms with van der Waals surface area (Å²) in [6.45, 7) is 7.24. The van der Waals surface area contributed by atoms with E-state index in [0.717, 1.165) is 5.92 Å². The van der Waals surface area contributed by atoms with Gasteiger partial charge in [-0.3, -0.25) is 0 Å². The van der Waals surface area contributed by atoms with Crippen molar-refractivity contribution in [2.75, 3.05) is 19.6 Å². The summed E-state index contributed by atoms with van der Waals surface area (Å²) in [5.41, 5.74) is 1.34. The number of aryl methyl sites for hydroxylation is 2. The van der Waals surface area contributed by atoms with Gasteiger partial charge in [0, 0.05) is 25.7 Å². The first kappa shape index (κ1) is 12.2. The molecule has 1 saturated heterocycles. The lowest BCUT2D eigenvalue weighted by Crippen LogP contribution is -2.35. The number of rotatable bonds is 3. The molecule has 3 heterocycles. The number of likely N-dealkylation sites (tertiary alicyclic amines) is 1. The normalized spacial score (nSPS) is 25.1. The molecule has 2 aliphatic rings. The van der Waals surface area contributed by atoms with Crippen LogP contribution in [0.25, 0.3) is 0 Å². The van der Waals surface area contributed by atoms with Gasteiger partial charge in [-0.25, -0.2) is 4.98 Å². The number of fused-ring (bicyclic) bond motifs is 1. The van der Waals surface area contributed by atoms with Crippen LogP contribution in [0.3, 0.4) is 0 Å². The molecule has 0 amide bonds. The molecule has 100 valence electrons. The first-order valence-corrected chi connectivity index (χ1v) is 7.62. The van der Waals surface area contributed by atoms with Gasteiger partial charge in [0.25, 0.3) is 0 Å². The highest BCUT2D eigenvalue weighted by molar-refractivity contribution is 5.07. The molecule has 0 saturated carbocycles. The Bertz CT molecular complexity index is 373. The van der Waals surface area contributed by atoms with E-state index in [1.807, 2.05) is 0 Å². The summed E-state index contributed by atoms with van der Waals surface area (Å²) >= 11 is 0. The Morgan fingerprint density at radius 1 is 1.28 bits per heavy atom. The lowest BCUT2D eigenvalue weighted by Gasteiger charge is -2.31. The lowest BCUT2D eigenvalue weighted by molar-refractivity contribution is 0.181. The van der Waals surface area contributed by atoms with E-state index in [2.05, 4.69) is 22.6 Å². The predicted octanol–water partition coefficient (Wildman–Crippen LogP) is 2.49. The molecule has 2 aliphatic heterocycles. The Kier molecular flexibility index (Phi) is 3.69. The Morgan fingerprint density at radius 3 is 3.06 bits per heavy atom. The third-order valence-electron chi connectivity index (χ3n) is 4.51. The average Bonchev–Trinajstić information content (AvgIpc) is 2.81. The molecule has 3 heteroatoms. The van der Waals surface area contributed by atoms with Gasteiger partial charge in [-0.15, -0.1) is 0 Å². The fraction of sp³-hybridized carbons (Fsp3) is 0.800. The van der Waals surface area contributed by atoms with Gasteiger partial charge in [-0.1, -0.05) is 6.92 Å². The minimum atomic E-state index is 0.829. The van der Waals surface area contributed by atoms with Crippen molar-refractivity contribution < 1.29 is 0 Å². The highest BCUT2D eigenvalue weighted by atomic mass is 15.1. The Labute approximate surface area is 110 Å². The van der Waals surface area contributed by atoms with Crippen LogP contribution in [0.1, 0.15) is 44.1 Å². The summed E-state index contributed by atoms with van der Waals surface area (Å²) in [7, 11) is 0. The van der Waals surface area contributed by atoms with Gasteiger partial charge in [0.2, 0.25) is 0 Å². The standard InChI is InChI=1S/C15H25N3/c1-2-17-8-5-6-13(11-17)10-14-12-18-9-4-3-7-15(18)16-14/h12-13H,2-11H2,1H3. The van der Waals surface area contributed by atoms with Gasteiger partial charge in [0.15, 0.2) is 0 Å². The number of nitrogens with zero attached hydrogens (tertiary/aromatic N) is 3. The maximum atomic E-state index is 4.84. The third kappa shape index (κ3) is 2.61. The minimum absolute atomic E-state index is 0.829. The zero-order chi connectivity index (χ0) is 12.4. The van der Waals surface area contributed by atoms with Crippen LogP contribution in [-0.4, -0.2) is 34.1 Å². The highest BCUT2D eigenvalue weighted by Crippen LogP contribution is 2.22. The number of hydrogen-bond donors (Lipinski definition) is 0. The molecule has 3 rings (SSSR count). The van der Waals surface area contributed by atoms with E-state index < -0.39 is 0 Å². The van der Waals surface area contributed by atoms with Gasteiger partial charge in [-0.05, 0) is 51.1 Å². The topological polar surface area (TPSA) is 21.1 Å². The summed E-state index contributed by atoms with van der Waals surface area (Å²) < 4.78 is 2.39. The molecule has 1 aromatic rings. The molecule has 1 aromatic heterocycles. The second-order valence-electron chi connectivity index (χ2n) is 5.90. The summed E-state index contributed by atoms with van der Waals surface area (Å²) in [5, 5.41) is 0. The van der Waals surface area contributed by atoms with Crippen molar-refractivity contribution >= 4 is 0 Å². The van der Waals surface area contributed by atoms with Crippen molar-refractivity contribution in [2.45, 2.75) is 52.0 Å². The van der Waals surface area contributed by atoms with Gasteiger partial charge in [-0.2, -0.15) is 0 Å². The second kappa shape index (κ2) is 5.43. The Morgan fingerprint density at radius 2 is 2.22 bits per heavy atom. The lowest BCUT2D eigenvalue weighted by atomic mass is 9.94. The van der Waals surface area contributed by atoms with Crippen LogP contribution >= 0.6 is 0 Å². The molecule has 1 fully saturated rings. The van der Waals surface area contributed by atoms with Crippen LogP contribution in [0.2, 0.25) is 0 Å². The molecule has 0 bridgehead atoms. The smallest absolute Gasteiger partial charge is 0.108 e. The van der Waals surface area contributed by atoms with Crippen LogP contribution in [0.5, 0.6) is 0 Å². The Hall–Kier alpha value is -0.830. The quantitative estimate of drug-likeness (QED) is 0.818. The number of imidazole rings is 1. The second-order valence-corrected chi connectivity index (χ2v) is 5.90. The van der Waals surface area contributed by atoms with Gasteiger partial charge in [0.05, 0.1) is 5.69 Å². The molecular weight excluding hydrogens is 222 g/mol. The van der Waals surface area contributed by atoms with Crippen LogP contribution in [0.15, 0.2) is 6.20 Å². The Balaban J connectivity index is 1.63. The van der Waals surface area contributed by atoms with Crippen molar-refractivity contribution in [3.05, 3.63) is 17.7 Å². The summed E-state index contributed by atoms with van der Waals surface area (Å²) in [5.74, 6) is 2.16. The average molecular weight is 247 g/mol. The van der Waals surface area contributed by atoms with Crippen molar-refractivity contribution in [3.8, 4) is 0 Å². The van der Waals surface area contributed by atoms with Gasteiger partial charge in [0.1, 0.15) is 5.82 Å². The van der Waals surface area contributed by atoms with Crippen molar-refractivity contribution in [2.24, 2.45) is 5.92 Å². The largest absolute Gasteiger partial charge is 0.335 e. The van der Waals surface area contributed by atoms with Crippen LogP contribution in [0, 0.1) is 5.92 Å². The van der Waals surface area contributed by atoms with E-state index in [0.29, 0.717) is 0 Å². The minimum Gasteiger partial charge on any atom is -0.335 e. The van der Waals surface area contributed by atoms with E-state index in [4.69, 9.17) is 4.98 Å². The fourth-order valence-electron chi connectivity index (χ4n) is 3.47. The van der Waals surface area contributed by atoms with Crippen molar-refractivity contribution in [1.29, 1.82) is 0 Å². The number of piperidine rings is 1. The molecule has 0 aromatic carbocycles. The molecule has 3 nitrogen and oxygen atoms in total. The van der Waals surface area contributed by atoms with Crippen LogP contribution < -0.4 is 0 Å². The zero-order valence-corrected chi connectivity index (χ0v) is 11.6. The van der Waals surface area contributed by atoms with Crippen LogP contribution in [-0.2, 0) is 19.4 Å². The van der Waals surface area contributed by atoms with Gasteiger partial charge >= 0.3 is 0 Å². The van der Waals surface area contributed by atoms with E-state index >= 15 is 0 Å². The maximum Gasteiger partial charge on any atom is 0.108 e. The highest BCUT2D eigenvalue weighted by Gasteiger charge is 2.21. The zero-order valence-electron chi connectivity index (χ0n) is 11.6. The van der Waals surface area contributed by atoms with E-state index in [-0.39, 0.29) is 0 Å². The van der Waals surface area contributed by atoms with E-state index in [1.54, 1.807) is 0 Å². The van der Waals surface area contributed by atoms with Crippen molar-refractivity contribution in [1.82, 2.24) is 14.5 Å². The monoisotopic (exact) mass is 247 g/mol. The summed E-state index contributed by atoms with van der Waals surface area (Å²) in [6.07, 6.45) is 10.1. The SMILES string of the molecule is CCN1CCCC(Cc2cn3c(n2)CCCC3)C1. The van der Waals surface area contributed by atoms with Crippen LogP contribution in [0.4, 0.5) is 0 Å². The molecule has 1 unspecified atom stereocenters. The number of hydrogen-bond acceptors (Lipinski definition) is 2. The molecule has 0 spiro atoms. The molecule has 0 radical (unpaired) electrons. The number of aromatic nitrogens is 2. The summed E-state index contributed by atoms with van der Waals surface area (Å²) in [6, 6.07) is 0.